The van der Waals surface area contributed by atoms with Gasteiger partial charge in [0.1, 0.15) is 11.9 Å². The lowest BCUT2D eigenvalue weighted by molar-refractivity contribution is -0.139. The summed E-state index contributed by atoms with van der Waals surface area (Å²) >= 11 is 12.3. The smallest absolute Gasteiger partial charge is 0.247 e. The molecule has 2 aromatic carbocycles. The van der Waals surface area contributed by atoms with Crippen LogP contribution in [0.3, 0.4) is 0 Å². The first-order valence-corrected chi connectivity index (χ1v) is 11.9. The fourth-order valence-electron chi connectivity index (χ4n) is 4.29. The standard InChI is InChI=1S/C25H30Cl2N2O2/c1-18-9-5-7-13-21(18)24(25(31)28-20-11-3-2-4-12-20)29(23(30)17-26)16-15-19-10-6-8-14-22(19)27/h5-10,13-14,20,24H,2-4,11-12,15-17H2,1H3,(H,28,31). The molecule has 2 aromatic rings. The fourth-order valence-corrected chi connectivity index (χ4v) is 4.67. The van der Waals surface area contributed by atoms with Crippen LogP contribution in [-0.4, -0.2) is 35.2 Å². The first kappa shape index (κ1) is 23.6. The van der Waals surface area contributed by atoms with E-state index in [0.29, 0.717) is 18.0 Å². The lowest BCUT2D eigenvalue weighted by Gasteiger charge is -2.34. The zero-order chi connectivity index (χ0) is 22.2. The highest BCUT2D eigenvalue weighted by molar-refractivity contribution is 6.31. The van der Waals surface area contributed by atoms with Crippen molar-refractivity contribution in [3.8, 4) is 0 Å². The number of carbonyl (C=O) groups excluding carboxylic acids is 2. The first-order chi connectivity index (χ1) is 15.0. The fraction of sp³-hybridized carbons (Fsp3) is 0.440. The second-order valence-electron chi connectivity index (χ2n) is 8.16. The summed E-state index contributed by atoms with van der Waals surface area (Å²) in [5.74, 6) is -0.582. The average molecular weight is 461 g/mol. The van der Waals surface area contributed by atoms with Gasteiger partial charge in [-0.15, -0.1) is 11.6 Å². The van der Waals surface area contributed by atoms with Gasteiger partial charge in [0.25, 0.3) is 0 Å². The van der Waals surface area contributed by atoms with E-state index in [1.165, 1.54) is 6.42 Å². The van der Waals surface area contributed by atoms with Crippen molar-refractivity contribution >= 4 is 35.0 Å². The molecule has 2 amide bonds. The van der Waals surface area contributed by atoms with Crippen LogP contribution in [0.2, 0.25) is 5.02 Å². The van der Waals surface area contributed by atoms with E-state index in [1.807, 2.05) is 55.5 Å². The van der Waals surface area contributed by atoms with E-state index in [-0.39, 0.29) is 23.7 Å². The van der Waals surface area contributed by atoms with E-state index in [1.54, 1.807) is 4.90 Å². The highest BCUT2D eigenvalue weighted by Crippen LogP contribution is 2.27. The van der Waals surface area contributed by atoms with Gasteiger partial charge in [0.2, 0.25) is 11.8 Å². The third-order valence-corrected chi connectivity index (χ3v) is 6.61. The van der Waals surface area contributed by atoms with Crippen molar-refractivity contribution in [1.82, 2.24) is 10.2 Å². The van der Waals surface area contributed by atoms with Crippen LogP contribution in [0.4, 0.5) is 0 Å². The number of hydrogen-bond acceptors (Lipinski definition) is 2. The predicted octanol–water partition coefficient (Wildman–Crippen LogP) is 5.45. The van der Waals surface area contributed by atoms with E-state index >= 15 is 0 Å². The number of nitrogens with one attached hydrogen (secondary N) is 1. The van der Waals surface area contributed by atoms with Gasteiger partial charge in [-0.1, -0.05) is 73.3 Å². The number of alkyl halides is 1. The maximum absolute atomic E-state index is 13.5. The highest BCUT2D eigenvalue weighted by Gasteiger charge is 2.33. The molecule has 0 aliphatic heterocycles. The molecule has 0 radical (unpaired) electrons. The predicted molar refractivity (Wildman–Crippen MR) is 127 cm³/mol. The summed E-state index contributed by atoms with van der Waals surface area (Å²) in [5.41, 5.74) is 2.73. The van der Waals surface area contributed by atoms with Gasteiger partial charge in [-0.05, 0) is 48.9 Å². The second-order valence-corrected chi connectivity index (χ2v) is 8.84. The highest BCUT2D eigenvalue weighted by atomic mass is 35.5. The molecular formula is C25H30Cl2N2O2. The van der Waals surface area contributed by atoms with Crippen molar-refractivity contribution in [2.45, 2.75) is 57.5 Å². The third-order valence-electron chi connectivity index (χ3n) is 6.01. The van der Waals surface area contributed by atoms with E-state index in [2.05, 4.69) is 5.32 Å². The van der Waals surface area contributed by atoms with Crippen molar-refractivity contribution in [2.24, 2.45) is 0 Å². The minimum Gasteiger partial charge on any atom is -0.351 e. The van der Waals surface area contributed by atoms with Crippen LogP contribution >= 0.6 is 23.2 Å². The van der Waals surface area contributed by atoms with Crippen molar-refractivity contribution in [3.63, 3.8) is 0 Å². The van der Waals surface area contributed by atoms with Crippen LogP contribution in [0, 0.1) is 6.92 Å². The number of carbonyl (C=O) groups is 2. The molecule has 1 aliphatic carbocycles. The van der Waals surface area contributed by atoms with Crippen LogP contribution < -0.4 is 5.32 Å². The summed E-state index contributed by atoms with van der Waals surface area (Å²) < 4.78 is 0. The van der Waals surface area contributed by atoms with Gasteiger partial charge < -0.3 is 10.2 Å². The summed E-state index contributed by atoms with van der Waals surface area (Å²) in [6.07, 6.45) is 5.96. The molecule has 166 valence electrons. The van der Waals surface area contributed by atoms with Gasteiger partial charge >= 0.3 is 0 Å². The maximum atomic E-state index is 13.5. The summed E-state index contributed by atoms with van der Waals surface area (Å²) in [6.45, 7) is 2.32. The Kier molecular flexibility index (Phi) is 8.79. The molecule has 1 aliphatic rings. The van der Waals surface area contributed by atoms with Gasteiger partial charge in [0, 0.05) is 17.6 Å². The van der Waals surface area contributed by atoms with Gasteiger partial charge in [0.05, 0.1) is 0 Å². The average Bonchev–Trinajstić information content (AvgIpc) is 2.78. The minimum atomic E-state index is -0.725. The quantitative estimate of drug-likeness (QED) is 0.532. The molecule has 3 rings (SSSR count). The van der Waals surface area contributed by atoms with Crippen molar-refractivity contribution in [1.29, 1.82) is 0 Å². The van der Waals surface area contributed by atoms with Gasteiger partial charge in [-0.2, -0.15) is 0 Å². The number of halogens is 2. The Morgan fingerprint density at radius 3 is 2.42 bits per heavy atom. The third kappa shape index (κ3) is 6.24. The van der Waals surface area contributed by atoms with Crippen molar-refractivity contribution in [3.05, 3.63) is 70.2 Å². The normalized spacial score (nSPS) is 15.3. The molecule has 1 fully saturated rings. The molecule has 0 spiro atoms. The molecule has 31 heavy (non-hydrogen) atoms. The molecule has 4 nitrogen and oxygen atoms in total. The summed E-state index contributed by atoms with van der Waals surface area (Å²) in [7, 11) is 0. The largest absolute Gasteiger partial charge is 0.351 e. The molecule has 1 atom stereocenters. The van der Waals surface area contributed by atoms with Gasteiger partial charge in [0.15, 0.2) is 0 Å². The Hall–Kier alpha value is -2.04. The molecule has 1 N–H and O–H groups in total. The van der Waals surface area contributed by atoms with Crippen LogP contribution in [-0.2, 0) is 16.0 Å². The lowest BCUT2D eigenvalue weighted by atomic mass is 9.94. The molecule has 0 bridgehead atoms. The van der Waals surface area contributed by atoms with E-state index in [4.69, 9.17) is 23.2 Å². The minimum absolute atomic E-state index is 0.140. The molecular weight excluding hydrogens is 431 g/mol. The summed E-state index contributed by atoms with van der Waals surface area (Å²) in [5, 5.41) is 3.86. The second kappa shape index (κ2) is 11.5. The van der Waals surface area contributed by atoms with Crippen LogP contribution in [0.5, 0.6) is 0 Å². The van der Waals surface area contributed by atoms with E-state index in [0.717, 1.165) is 42.4 Å². The number of amides is 2. The van der Waals surface area contributed by atoms with Crippen molar-refractivity contribution < 1.29 is 9.59 Å². The summed E-state index contributed by atoms with van der Waals surface area (Å²) in [6, 6.07) is 14.7. The Morgan fingerprint density at radius 1 is 1.06 bits per heavy atom. The number of benzene rings is 2. The molecule has 1 unspecified atom stereocenters. The Bertz CT molecular complexity index is 897. The Labute approximate surface area is 194 Å². The number of rotatable bonds is 8. The Balaban J connectivity index is 1.90. The zero-order valence-corrected chi connectivity index (χ0v) is 19.5. The number of hydrogen-bond donors (Lipinski definition) is 1. The SMILES string of the molecule is Cc1ccccc1C(C(=O)NC1CCCCC1)N(CCc1ccccc1Cl)C(=O)CCl. The molecule has 0 heterocycles. The maximum Gasteiger partial charge on any atom is 0.247 e. The van der Waals surface area contributed by atoms with Crippen LogP contribution in [0.15, 0.2) is 48.5 Å². The summed E-state index contributed by atoms with van der Waals surface area (Å²) in [4.78, 5) is 28.1. The number of aryl methyl sites for hydroxylation is 1. The lowest BCUT2D eigenvalue weighted by Crippen LogP contribution is -2.48. The molecule has 0 saturated heterocycles. The van der Waals surface area contributed by atoms with E-state index < -0.39 is 6.04 Å². The van der Waals surface area contributed by atoms with Gasteiger partial charge in [-0.25, -0.2) is 0 Å². The monoisotopic (exact) mass is 460 g/mol. The van der Waals surface area contributed by atoms with Crippen LogP contribution in [0.1, 0.15) is 54.8 Å². The van der Waals surface area contributed by atoms with E-state index in [9.17, 15) is 9.59 Å². The molecule has 0 aromatic heterocycles. The van der Waals surface area contributed by atoms with Crippen LogP contribution in [0.25, 0.3) is 0 Å². The first-order valence-electron chi connectivity index (χ1n) is 11.0. The van der Waals surface area contributed by atoms with Gasteiger partial charge in [-0.3, -0.25) is 9.59 Å². The Morgan fingerprint density at radius 2 is 1.74 bits per heavy atom. The van der Waals surface area contributed by atoms with Crippen molar-refractivity contribution in [2.75, 3.05) is 12.4 Å². The zero-order valence-electron chi connectivity index (χ0n) is 17.9. The molecule has 6 heteroatoms. The molecule has 1 saturated carbocycles. The topological polar surface area (TPSA) is 49.4 Å². The number of nitrogens with zero attached hydrogens (tertiary/aromatic N) is 1.